The van der Waals surface area contributed by atoms with E-state index in [0.29, 0.717) is 13.0 Å². The standard InChI is InChI=1S/C16H21NO3S/c1-2-13-6-8-14(9-7-13)12-21-11-10-17-15(18)4-3-5-16(19)20/h2,6-9H,1,3-5,10-12H2,(H,17,18)(H,19,20). The van der Waals surface area contributed by atoms with Gasteiger partial charge in [0.2, 0.25) is 5.91 Å². The van der Waals surface area contributed by atoms with Crippen LogP contribution in [0.2, 0.25) is 0 Å². The summed E-state index contributed by atoms with van der Waals surface area (Å²) in [6, 6.07) is 8.23. The molecule has 4 nitrogen and oxygen atoms in total. The molecule has 0 aliphatic rings. The van der Waals surface area contributed by atoms with Crippen LogP contribution in [0.5, 0.6) is 0 Å². The summed E-state index contributed by atoms with van der Waals surface area (Å²) in [6.45, 7) is 4.33. The topological polar surface area (TPSA) is 66.4 Å². The lowest BCUT2D eigenvalue weighted by molar-refractivity contribution is -0.137. The molecular weight excluding hydrogens is 286 g/mol. The highest BCUT2D eigenvalue weighted by molar-refractivity contribution is 7.98. The minimum absolute atomic E-state index is 0.0445. The van der Waals surface area contributed by atoms with Gasteiger partial charge < -0.3 is 10.4 Å². The Morgan fingerprint density at radius 1 is 1.24 bits per heavy atom. The third-order valence-electron chi connectivity index (χ3n) is 2.85. The van der Waals surface area contributed by atoms with Gasteiger partial charge in [0.05, 0.1) is 0 Å². The number of nitrogens with one attached hydrogen (secondary N) is 1. The van der Waals surface area contributed by atoms with Gasteiger partial charge in [-0.25, -0.2) is 0 Å². The molecule has 0 atom stereocenters. The van der Waals surface area contributed by atoms with Gasteiger partial charge in [0.25, 0.3) is 0 Å². The average Bonchev–Trinajstić information content (AvgIpc) is 2.47. The molecule has 21 heavy (non-hydrogen) atoms. The Hall–Kier alpha value is -1.75. The number of amides is 1. The van der Waals surface area contributed by atoms with Crippen molar-refractivity contribution in [1.29, 1.82) is 0 Å². The fraction of sp³-hybridized carbons (Fsp3) is 0.375. The van der Waals surface area contributed by atoms with E-state index >= 15 is 0 Å². The molecule has 0 aliphatic heterocycles. The zero-order valence-corrected chi connectivity index (χ0v) is 12.8. The lowest BCUT2D eigenvalue weighted by Gasteiger charge is -2.05. The summed E-state index contributed by atoms with van der Waals surface area (Å²) in [6.07, 6.45) is 2.53. The van der Waals surface area contributed by atoms with E-state index in [0.717, 1.165) is 17.1 Å². The summed E-state index contributed by atoms with van der Waals surface area (Å²) in [5.74, 6) is 0.813. The summed E-state index contributed by atoms with van der Waals surface area (Å²) in [4.78, 5) is 21.7. The molecule has 1 rings (SSSR count). The van der Waals surface area contributed by atoms with E-state index in [1.807, 2.05) is 18.2 Å². The monoisotopic (exact) mass is 307 g/mol. The Morgan fingerprint density at radius 2 is 1.95 bits per heavy atom. The largest absolute Gasteiger partial charge is 0.481 e. The van der Waals surface area contributed by atoms with Crippen molar-refractivity contribution in [3.8, 4) is 0 Å². The molecule has 1 aromatic rings. The first-order chi connectivity index (χ1) is 10.1. The molecule has 0 bridgehead atoms. The molecule has 0 aromatic heterocycles. The number of carbonyl (C=O) groups is 2. The first kappa shape index (κ1) is 17.3. The number of thioether (sulfide) groups is 1. The SMILES string of the molecule is C=Cc1ccc(CSCCNC(=O)CCCC(=O)O)cc1. The van der Waals surface area contributed by atoms with Crippen LogP contribution in [0.4, 0.5) is 0 Å². The van der Waals surface area contributed by atoms with Gasteiger partial charge in [-0.2, -0.15) is 11.8 Å². The van der Waals surface area contributed by atoms with E-state index in [1.165, 1.54) is 5.56 Å². The molecular formula is C16H21NO3S. The molecule has 0 heterocycles. The van der Waals surface area contributed by atoms with E-state index in [-0.39, 0.29) is 18.7 Å². The maximum Gasteiger partial charge on any atom is 0.303 e. The fourth-order valence-electron chi connectivity index (χ4n) is 1.69. The highest BCUT2D eigenvalue weighted by Crippen LogP contribution is 2.13. The van der Waals surface area contributed by atoms with Crippen molar-refractivity contribution in [2.45, 2.75) is 25.0 Å². The van der Waals surface area contributed by atoms with Gasteiger partial charge in [-0.05, 0) is 17.5 Å². The van der Waals surface area contributed by atoms with E-state index < -0.39 is 5.97 Å². The maximum absolute atomic E-state index is 11.4. The number of carboxylic acids is 1. The minimum Gasteiger partial charge on any atom is -0.481 e. The second-order valence-electron chi connectivity index (χ2n) is 4.60. The molecule has 0 saturated heterocycles. The van der Waals surface area contributed by atoms with Gasteiger partial charge >= 0.3 is 5.97 Å². The number of carbonyl (C=O) groups excluding carboxylic acids is 1. The summed E-state index contributed by atoms with van der Waals surface area (Å²) < 4.78 is 0. The molecule has 2 N–H and O–H groups in total. The lowest BCUT2D eigenvalue weighted by Crippen LogP contribution is -2.25. The maximum atomic E-state index is 11.4. The fourth-order valence-corrected chi connectivity index (χ4v) is 2.51. The zero-order valence-electron chi connectivity index (χ0n) is 12.0. The van der Waals surface area contributed by atoms with Crippen molar-refractivity contribution >= 4 is 29.7 Å². The number of hydrogen-bond donors (Lipinski definition) is 2. The van der Waals surface area contributed by atoms with Crippen molar-refractivity contribution < 1.29 is 14.7 Å². The zero-order chi connectivity index (χ0) is 15.5. The highest BCUT2D eigenvalue weighted by Gasteiger charge is 2.03. The molecule has 0 aliphatic carbocycles. The Balaban J connectivity index is 2.06. The minimum atomic E-state index is -0.860. The van der Waals surface area contributed by atoms with Crippen molar-refractivity contribution in [1.82, 2.24) is 5.32 Å². The van der Waals surface area contributed by atoms with Crippen molar-refractivity contribution in [2.24, 2.45) is 0 Å². The van der Waals surface area contributed by atoms with Crippen molar-refractivity contribution in [3.05, 3.63) is 42.0 Å². The molecule has 0 radical (unpaired) electrons. The van der Waals surface area contributed by atoms with E-state index in [9.17, 15) is 9.59 Å². The van der Waals surface area contributed by atoms with E-state index in [2.05, 4.69) is 24.0 Å². The molecule has 0 saturated carbocycles. The number of carboxylic acid groups (broad SMARTS) is 1. The van der Waals surface area contributed by atoms with Gasteiger partial charge in [-0.3, -0.25) is 9.59 Å². The molecule has 0 fully saturated rings. The van der Waals surface area contributed by atoms with Crippen LogP contribution in [-0.2, 0) is 15.3 Å². The number of hydrogen-bond acceptors (Lipinski definition) is 3. The van der Waals surface area contributed by atoms with Gasteiger partial charge in [0.1, 0.15) is 0 Å². The van der Waals surface area contributed by atoms with Crippen LogP contribution in [0.3, 0.4) is 0 Å². The van der Waals surface area contributed by atoms with Crippen LogP contribution < -0.4 is 5.32 Å². The van der Waals surface area contributed by atoms with Gasteiger partial charge in [0.15, 0.2) is 0 Å². The molecule has 0 spiro atoms. The molecule has 0 unspecified atom stereocenters. The van der Waals surface area contributed by atoms with Crippen LogP contribution >= 0.6 is 11.8 Å². The van der Waals surface area contributed by atoms with Gasteiger partial charge in [-0.1, -0.05) is 36.9 Å². The number of aliphatic carboxylic acids is 1. The van der Waals surface area contributed by atoms with Crippen molar-refractivity contribution in [2.75, 3.05) is 12.3 Å². The third kappa shape index (κ3) is 8.19. The normalized spacial score (nSPS) is 10.1. The summed E-state index contributed by atoms with van der Waals surface area (Å²) in [7, 11) is 0. The summed E-state index contributed by atoms with van der Waals surface area (Å²) >= 11 is 1.76. The molecule has 1 aromatic carbocycles. The van der Waals surface area contributed by atoms with E-state index in [4.69, 9.17) is 5.11 Å². The lowest BCUT2D eigenvalue weighted by atomic mass is 10.1. The van der Waals surface area contributed by atoms with Crippen LogP contribution in [0, 0.1) is 0 Å². The third-order valence-corrected chi connectivity index (χ3v) is 3.88. The smallest absolute Gasteiger partial charge is 0.303 e. The van der Waals surface area contributed by atoms with Crippen LogP contribution in [0.1, 0.15) is 30.4 Å². The quantitative estimate of drug-likeness (QED) is 0.652. The summed E-state index contributed by atoms with van der Waals surface area (Å²) in [5, 5.41) is 11.3. The van der Waals surface area contributed by atoms with E-state index in [1.54, 1.807) is 11.8 Å². The first-order valence-electron chi connectivity index (χ1n) is 6.89. The van der Waals surface area contributed by atoms with Crippen LogP contribution in [0.15, 0.2) is 30.8 Å². The van der Waals surface area contributed by atoms with Crippen molar-refractivity contribution in [3.63, 3.8) is 0 Å². The Labute approximate surface area is 129 Å². The Bertz CT molecular complexity index is 471. The summed E-state index contributed by atoms with van der Waals surface area (Å²) in [5.41, 5.74) is 2.36. The average molecular weight is 307 g/mol. The molecule has 114 valence electrons. The first-order valence-corrected chi connectivity index (χ1v) is 8.05. The van der Waals surface area contributed by atoms with Crippen LogP contribution in [-0.4, -0.2) is 29.3 Å². The number of rotatable bonds is 10. The number of benzene rings is 1. The Morgan fingerprint density at radius 3 is 2.57 bits per heavy atom. The van der Waals surface area contributed by atoms with Gasteiger partial charge in [0, 0.05) is 30.9 Å². The predicted molar refractivity (Wildman–Crippen MR) is 87.2 cm³/mol. The van der Waals surface area contributed by atoms with Gasteiger partial charge in [-0.15, -0.1) is 0 Å². The molecule has 1 amide bonds. The second-order valence-corrected chi connectivity index (χ2v) is 5.70. The Kier molecular flexibility index (Phi) is 8.28. The highest BCUT2D eigenvalue weighted by atomic mass is 32.2. The predicted octanol–water partition coefficient (Wildman–Crippen LogP) is 2.93. The van der Waals surface area contributed by atoms with Crippen LogP contribution in [0.25, 0.3) is 6.08 Å². The second kappa shape index (κ2) is 10.0. The molecule has 5 heteroatoms.